The van der Waals surface area contributed by atoms with Crippen LogP contribution >= 0.6 is 0 Å². The van der Waals surface area contributed by atoms with Gasteiger partial charge in [-0.2, -0.15) is 0 Å². The molecule has 1 aliphatic heterocycles. The summed E-state index contributed by atoms with van der Waals surface area (Å²) in [5.41, 5.74) is 10.8. The van der Waals surface area contributed by atoms with Gasteiger partial charge in [0.2, 0.25) is 0 Å². The number of hydrogen-bond acceptors (Lipinski definition) is 3. The molecule has 3 aliphatic carbocycles. The highest BCUT2D eigenvalue weighted by Gasteiger charge is 2.58. The van der Waals surface area contributed by atoms with Crippen molar-refractivity contribution < 1.29 is 0 Å². The van der Waals surface area contributed by atoms with Crippen LogP contribution in [0.1, 0.15) is 44.9 Å². The van der Waals surface area contributed by atoms with E-state index in [-0.39, 0.29) is 5.96 Å². The molecule has 1 heterocycles. The number of nitrogens with zero attached hydrogens (tertiary/aromatic N) is 2. The monoisotopic (exact) mass is 333 g/mol. The number of nitrogens with two attached hydrogens (primary N) is 2. The van der Waals surface area contributed by atoms with Crippen molar-refractivity contribution in [1.82, 2.24) is 10.2 Å². The van der Waals surface area contributed by atoms with Crippen LogP contribution in [0.25, 0.3) is 0 Å². The van der Waals surface area contributed by atoms with Crippen molar-refractivity contribution in [3.63, 3.8) is 0 Å². The number of likely N-dealkylation sites (tertiary alicyclic amines) is 1. The lowest BCUT2D eigenvalue weighted by atomic mass is 9.72. The van der Waals surface area contributed by atoms with Crippen LogP contribution < -0.4 is 16.8 Å². The van der Waals surface area contributed by atoms with Gasteiger partial charge >= 0.3 is 0 Å². The van der Waals surface area contributed by atoms with Gasteiger partial charge in [-0.3, -0.25) is 4.99 Å². The lowest BCUT2D eigenvalue weighted by Crippen LogP contribution is -2.49. The van der Waals surface area contributed by atoms with Crippen LogP contribution in [0.5, 0.6) is 0 Å². The lowest BCUT2D eigenvalue weighted by Gasteiger charge is -2.40. The van der Waals surface area contributed by atoms with Crippen LogP contribution in [-0.2, 0) is 0 Å². The van der Waals surface area contributed by atoms with E-state index in [2.05, 4.69) is 15.2 Å². The minimum atomic E-state index is 0.218. The maximum atomic E-state index is 5.42. The van der Waals surface area contributed by atoms with Crippen molar-refractivity contribution in [3.05, 3.63) is 0 Å². The van der Waals surface area contributed by atoms with Crippen molar-refractivity contribution in [1.29, 1.82) is 0 Å². The Bertz CT molecular complexity index is 455. The van der Waals surface area contributed by atoms with Gasteiger partial charge in [-0.15, -0.1) is 0 Å². The zero-order valence-electron chi connectivity index (χ0n) is 15.0. The minimum absolute atomic E-state index is 0.218. The number of aliphatic imine (C=N–C) groups is 1. The highest BCUT2D eigenvalue weighted by atomic mass is 15.1. The van der Waals surface area contributed by atoms with Gasteiger partial charge in [0.1, 0.15) is 0 Å². The van der Waals surface area contributed by atoms with Crippen LogP contribution in [-0.4, -0.2) is 49.6 Å². The summed E-state index contributed by atoms with van der Waals surface area (Å²) in [6.45, 7) is 5.81. The standard InChI is InChI=1S/C19H35N5/c20-19(21)23-8-4-7-22-18-16-11-15(13-5-3-6-14(13)16)17(18)12-24-9-1-2-10-24/h13-18,22H,1-12H2,(H4,20,21,23). The molecule has 4 fully saturated rings. The molecule has 6 atom stereocenters. The highest BCUT2D eigenvalue weighted by molar-refractivity contribution is 5.75. The Balaban J connectivity index is 1.36. The molecule has 0 amide bonds. The van der Waals surface area contributed by atoms with Gasteiger partial charge in [-0.05, 0) is 87.7 Å². The third-order valence-corrected chi connectivity index (χ3v) is 7.42. The summed E-state index contributed by atoms with van der Waals surface area (Å²) in [4.78, 5) is 6.86. The van der Waals surface area contributed by atoms with Gasteiger partial charge in [0.05, 0.1) is 0 Å². The summed E-state index contributed by atoms with van der Waals surface area (Å²) < 4.78 is 0. The van der Waals surface area contributed by atoms with E-state index in [1.165, 1.54) is 58.2 Å². The van der Waals surface area contributed by atoms with Crippen molar-refractivity contribution in [2.24, 2.45) is 46.0 Å². The summed E-state index contributed by atoms with van der Waals surface area (Å²) in [5.74, 6) is 5.13. The van der Waals surface area contributed by atoms with Crippen LogP contribution in [0.3, 0.4) is 0 Å². The molecule has 0 aromatic heterocycles. The summed E-state index contributed by atoms with van der Waals surface area (Å²) >= 11 is 0. The second kappa shape index (κ2) is 7.20. The Labute approximate surface area is 146 Å². The smallest absolute Gasteiger partial charge is 0.185 e. The van der Waals surface area contributed by atoms with Gasteiger partial charge in [-0.25, -0.2) is 0 Å². The van der Waals surface area contributed by atoms with Crippen molar-refractivity contribution in [2.75, 3.05) is 32.7 Å². The zero-order valence-corrected chi connectivity index (χ0v) is 15.0. The molecular weight excluding hydrogens is 298 g/mol. The van der Waals surface area contributed by atoms with Gasteiger partial charge in [-0.1, -0.05) is 6.42 Å². The fraction of sp³-hybridized carbons (Fsp3) is 0.947. The molecule has 4 aliphatic rings. The third kappa shape index (κ3) is 3.17. The first-order valence-corrected chi connectivity index (χ1v) is 10.2. The quantitative estimate of drug-likeness (QED) is 0.374. The largest absolute Gasteiger partial charge is 0.370 e. The predicted molar refractivity (Wildman–Crippen MR) is 98.7 cm³/mol. The molecule has 6 unspecified atom stereocenters. The van der Waals surface area contributed by atoms with Crippen LogP contribution in [0.2, 0.25) is 0 Å². The molecule has 2 bridgehead atoms. The van der Waals surface area contributed by atoms with E-state index >= 15 is 0 Å². The molecule has 0 radical (unpaired) electrons. The molecule has 0 spiro atoms. The molecule has 4 rings (SSSR count). The maximum absolute atomic E-state index is 5.42. The summed E-state index contributed by atoms with van der Waals surface area (Å²) in [6.07, 6.45) is 9.84. The van der Waals surface area contributed by atoms with Gasteiger partial charge < -0.3 is 21.7 Å². The second-order valence-electron chi connectivity index (χ2n) is 8.63. The van der Waals surface area contributed by atoms with E-state index in [1.807, 2.05) is 0 Å². The van der Waals surface area contributed by atoms with E-state index in [0.717, 1.165) is 55.1 Å². The van der Waals surface area contributed by atoms with E-state index in [9.17, 15) is 0 Å². The highest BCUT2D eigenvalue weighted by Crippen LogP contribution is 2.61. The van der Waals surface area contributed by atoms with E-state index in [0.29, 0.717) is 0 Å². The molecule has 1 saturated heterocycles. The van der Waals surface area contributed by atoms with Crippen molar-refractivity contribution in [2.45, 2.75) is 51.0 Å². The van der Waals surface area contributed by atoms with Crippen LogP contribution in [0.15, 0.2) is 4.99 Å². The lowest BCUT2D eigenvalue weighted by molar-refractivity contribution is 0.109. The average molecular weight is 334 g/mol. The Kier molecular flexibility index (Phi) is 5.00. The molecule has 5 nitrogen and oxygen atoms in total. The SMILES string of the molecule is NC(N)=NCCCNC1C2CC(C3CCCC32)C1CN1CCCC1. The fourth-order valence-electron chi connectivity index (χ4n) is 6.60. The third-order valence-electron chi connectivity index (χ3n) is 7.42. The molecule has 5 N–H and O–H groups in total. The number of fused-ring (bicyclic) bond motifs is 5. The fourth-order valence-corrected chi connectivity index (χ4v) is 6.60. The first-order chi connectivity index (χ1) is 11.7. The normalized spacial score (nSPS) is 41.0. The Morgan fingerprint density at radius 3 is 2.50 bits per heavy atom. The predicted octanol–water partition coefficient (Wildman–Crippen LogP) is 1.39. The Morgan fingerprint density at radius 2 is 1.75 bits per heavy atom. The topological polar surface area (TPSA) is 79.7 Å². The van der Waals surface area contributed by atoms with Crippen LogP contribution in [0.4, 0.5) is 0 Å². The summed E-state index contributed by atoms with van der Waals surface area (Å²) in [5, 5.41) is 3.95. The summed E-state index contributed by atoms with van der Waals surface area (Å²) in [6, 6.07) is 0.745. The number of nitrogens with one attached hydrogen (secondary N) is 1. The van der Waals surface area contributed by atoms with E-state index in [1.54, 1.807) is 0 Å². The Hall–Kier alpha value is -0.810. The average Bonchev–Trinajstić information content (AvgIpc) is 3.29. The molecular formula is C19H35N5. The summed E-state index contributed by atoms with van der Waals surface area (Å²) in [7, 11) is 0. The van der Waals surface area contributed by atoms with E-state index in [4.69, 9.17) is 11.5 Å². The van der Waals surface area contributed by atoms with Gasteiger partial charge in [0.25, 0.3) is 0 Å². The minimum Gasteiger partial charge on any atom is -0.370 e. The van der Waals surface area contributed by atoms with Crippen molar-refractivity contribution in [3.8, 4) is 0 Å². The Morgan fingerprint density at radius 1 is 1.00 bits per heavy atom. The first kappa shape index (κ1) is 16.6. The molecule has 24 heavy (non-hydrogen) atoms. The first-order valence-electron chi connectivity index (χ1n) is 10.2. The molecule has 3 saturated carbocycles. The number of guanidine groups is 1. The molecule has 5 heteroatoms. The van der Waals surface area contributed by atoms with Gasteiger partial charge in [0, 0.05) is 19.1 Å². The van der Waals surface area contributed by atoms with E-state index < -0.39 is 0 Å². The number of rotatable bonds is 7. The molecule has 136 valence electrons. The van der Waals surface area contributed by atoms with Gasteiger partial charge in [0.15, 0.2) is 5.96 Å². The molecule has 0 aromatic carbocycles. The van der Waals surface area contributed by atoms with Crippen LogP contribution in [0, 0.1) is 29.6 Å². The van der Waals surface area contributed by atoms with Crippen molar-refractivity contribution >= 4 is 5.96 Å². The zero-order chi connectivity index (χ0) is 16.5. The second-order valence-corrected chi connectivity index (χ2v) is 8.63. The molecule has 0 aromatic rings. The number of hydrogen-bond donors (Lipinski definition) is 3. The maximum Gasteiger partial charge on any atom is 0.185 e.